The van der Waals surface area contributed by atoms with Gasteiger partial charge in [-0.15, -0.1) is 0 Å². The minimum Gasteiger partial charge on any atom is -0.468 e. The quantitative estimate of drug-likeness (QED) is 0.300. The van der Waals surface area contributed by atoms with Crippen LogP contribution in [0, 0.1) is 11.8 Å². The molecule has 1 aliphatic carbocycles. The van der Waals surface area contributed by atoms with Crippen molar-refractivity contribution in [3.8, 4) is 5.88 Å². The van der Waals surface area contributed by atoms with E-state index >= 15 is 0 Å². The summed E-state index contributed by atoms with van der Waals surface area (Å²) in [6, 6.07) is 4.68. The van der Waals surface area contributed by atoms with Crippen LogP contribution in [0.1, 0.15) is 52.1 Å². The van der Waals surface area contributed by atoms with Crippen molar-refractivity contribution in [2.24, 2.45) is 11.8 Å². The molecule has 0 atom stereocenters. The Morgan fingerprint density at radius 3 is 2.46 bits per heavy atom. The lowest BCUT2D eigenvalue weighted by Gasteiger charge is -2.41. The zero-order valence-electron chi connectivity index (χ0n) is 27.2. The Hall–Kier alpha value is -3.52. The lowest BCUT2D eigenvalue weighted by Crippen LogP contribution is -2.51. The standard InChI is InChI=1S/C32H45F3N8O3/c1-31(2,3)42(16-17-45-4)19-23-8-10-24(11-9-23)30(44)41-14-12-40(13-15-41)28-26-18-38-43(29(26)37-22-36-28)20-25-6-5-7-27(39-25)46-21-32(33,34)35/h5-7,18,22-24H,8-17,19-21H2,1-4H3. The smallest absolute Gasteiger partial charge is 0.422 e. The number of piperazine rings is 1. The number of hydrogen-bond donors (Lipinski definition) is 0. The molecule has 2 fully saturated rings. The van der Waals surface area contributed by atoms with Gasteiger partial charge in [0.2, 0.25) is 11.8 Å². The van der Waals surface area contributed by atoms with E-state index in [-0.39, 0.29) is 29.8 Å². The van der Waals surface area contributed by atoms with Gasteiger partial charge in [0.15, 0.2) is 12.3 Å². The third kappa shape index (κ3) is 8.64. The van der Waals surface area contributed by atoms with Crippen LogP contribution in [0.15, 0.2) is 30.7 Å². The Kier molecular flexibility index (Phi) is 10.7. The van der Waals surface area contributed by atoms with Crippen molar-refractivity contribution in [3.05, 3.63) is 36.4 Å². The number of carbonyl (C=O) groups excluding carboxylic acids is 1. The molecule has 14 heteroatoms. The summed E-state index contributed by atoms with van der Waals surface area (Å²) in [5, 5.41) is 5.23. The average Bonchev–Trinajstić information content (AvgIpc) is 3.44. The van der Waals surface area contributed by atoms with Crippen LogP contribution < -0.4 is 9.64 Å². The molecule has 3 aromatic heterocycles. The molecule has 252 valence electrons. The highest BCUT2D eigenvalue weighted by Crippen LogP contribution is 2.33. The number of hydrogen-bond acceptors (Lipinski definition) is 9. The van der Waals surface area contributed by atoms with Crippen LogP contribution in [0.25, 0.3) is 11.0 Å². The van der Waals surface area contributed by atoms with Gasteiger partial charge in [-0.25, -0.2) is 19.6 Å². The first-order valence-corrected chi connectivity index (χ1v) is 16.0. The first-order chi connectivity index (χ1) is 21.9. The predicted octanol–water partition coefficient (Wildman–Crippen LogP) is 4.41. The van der Waals surface area contributed by atoms with Crippen LogP contribution in [-0.4, -0.2) is 112 Å². The highest BCUT2D eigenvalue weighted by atomic mass is 19.4. The first kappa shape index (κ1) is 33.8. The van der Waals surface area contributed by atoms with Gasteiger partial charge in [-0.3, -0.25) is 9.69 Å². The number of amides is 1. The molecule has 1 saturated carbocycles. The summed E-state index contributed by atoms with van der Waals surface area (Å²) in [7, 11) is 1.74. The summed E-state index contributed by atoms with van der Waals surface area (Å²) in [4.78, 5) is 33.3. The monoisotopic (exact) mass is 646 g/mol. The Bertz CT molecular complexity index is 1440. The maximum absolute atomic E-state index is 13.5. The largest absolute Gasteiger partial charge is 0.468 e. The third-order valence-electron chi connectivity index (χ3n) is 8.97. The second kappa shape index (κ2) is 14.5. The molecule has 0 aromatic carbocycles. The Morgan fingerprint density at radius 2 is 1.78 bits per heavy atom. The SMILES string of the molecule is COCCN(CC1CCC(C(=O)N2CCN(c3ncnc4c3cnn4Cc3cccc(OCC(F)(F)F)n3)CC2)CC1)C(C)(C)C. The summed E-state index contributed by atoms with van der Waals surface area (Å²) < 4.78 is 49.4. The van der Waals surface area contributed by atoms with Crippen LogP contribution in [-0.2, 0) is 16.1 Å². The highest BCUT2D eigenvalue weighted by Gasteiger charge is 2.34. The number of anilines is 1. The van der Waals surface area contributed by atoms with E-state index < -0.39 is 12.8 Å². The minimum absolute atomic E-state index is 0.0830. The van der Waals surface area contributed by atoms with Crippen molar-refractivity contribution in [2.75, 3.05) is 64.5 Å². The number of pyridine rings is 1. The summed E-state index contributed by atoms with van der Waals surface area (Å²) in [5.74, 6) is 1.59. The van der Waals surface area contributed by atoms with Crippen LogP contribution in [0.3, 0.4) is 0 Å². The van der Waals surface area contributed by atoms with Crippen molar-refractivity contribution in [2.45, 2.75) is 64.7 Å². The van der Waals surface area contributed by atoms with Gasteiger partial charge in [0.05, 0.1) is 30.4 Å². The number of alkyl halides is 3. The summed E-state index contributed by atoms with van der Waals surface area (Å²) >= 11 is 0. The second-order valence-corrected chi connectivity index (χ2v) is 13.2. The summed E-state index contributed by atoms with van der Waals surface area (Å²) in [6.07, 6.45) is 2.74. The van der Waals surface area contributed by atoms with E-state index in [0.717, 1.165) is 56.6 Å². The normalized spacial score (nSPS) is 19.7. The number of rotatable bonds is 11. The lowest BCUT2D eigenvalue weighted by atomic mass is 9.80. The van der Waals surface area contributed by atoms with E-state index in [1.165, 1.54) is 12.4 Å². The molecule has 1 aliphatic heterocycles. The van der Waals surface area contributed by atoms with Crippen molar-refractivity contribution < 1.29 is 27.4 Å². The van der Waals surface area contributed by atoms with E-state index in [1.807, 2.05) is 4.90 Å². The zero-order valence-corrected chi connectivity index (χ0v) is 27.2. The molecule has 0 bridgehead atoms. The lowest BCUT2D eigenvalue weighted by molar-refractivity contribution is -0.154. The van der Waals surface area contributed by atoms with Gasteiger partial charge >= 0.3 is 6.18 Å². The minimum atomic E-state index is -4.44. The number of carbonyl (C=O) groups is 1. The van der Waals surface area contributed by atoms with Crippen molar-refractivity contribution in [1.82, 2.24) is 34.5 Å². The van der Waals surface area contributed by atoms with Gasteiger partial charge in [0.1, 0.15) is 12.1 Å². The van der Waals surface area contributed by atoms with Crippen LogP contribution in [0.5, 0.6) is 5.88 Å². The molecule has 3 aromatic rings. The molecule has 1 saturated heterocycles. The van der Waals surface area contributed by atoms with E-state index in [4.69, 9.17) is 9.47 Å². The average molecular weight is 647 g/mol. The number of ether oxygens (including phenoxy) is 2. The molecule has 0 radical (unpaired) electrons. The molecular formula is C32H45F3N8O3. The van der Waals surface area contributed by atoms with Gasteiger partial charge in [-0.2, -0.15) is 18.3 Å². The molecule has 5 rings (SSSR count). The summed E-state index contributed by atoms with van der Waals surface area (Å²) in [5.41, 5.74) is 1.17. The number of methoxy groups -OCH3 is 1. The molecule has 2 aliphatic rings. The van der Waals surface area contributed by atoms with Crippen LogP contribution in [0.4, 0.5) is 19.0 Å². The summed E-state index contributed by atoms with van der Waals surface area (Å²) in [6.45, 7) is 10.8. The fraction of sp³-hybridized carbons (Fsp3) is 0.656. The van der Waals surface area contributed by atoms with E-state index in [0.29, 0.717) is 43.4 Å². The molecule has 0 spiro atoms. The van der Waals surface area contributed by atoms with E-state index in [9.17, 15) is 18.0 Å². The first-order valence-electron chi connectivity index (χ1n) is 16.0. The number of nitrogens with zero attached hydrogens (tertiary/aromatic N) is 8. The van der Waals surface area contributed by atoms with E-state index in [1.54, 1.807) is 30.1 Å². The fourth-order valence-electron chi connectivity index (χ4n) is 6.39. The Balaban J connectivity index is 1.14. The second-order valence-electron chi connectivity index (χ2n) is 13.2. The van der Waals surface area contributed by atoms with Gasteiger partial charge in [-0.05, 0) is 58.4 Å². The van der Waals surface area contributed by atoms with E-state index in [2.05, 4.69) is 50.6 Å². The molecule has 0 unspecified atom stereocenters. The topological polar surface area (TPSA) is 102 Å². The Labute approximate surface area is 268 Å². The van der Waals surface area contributed by atoms with Crippen molar-refractivity contribution >= 4 is 22.8 Å². The molecule has 4 heterocycles. The van der Waals surface area contributed by atoms with Gasteiger partial charge in [-0.1, -0.05) is 6.07 Å². The molecule has 1 amide bonds. The zero-order chi connectivity index (χ0) is 32.9. The predicted molar refractivity (Wildman–Crippen MR) is 168 cm³/mol. The fourth-order valence-corrected chi connectivity index (χ4v) is 6.39. The number of aromatic nitrogens is 5. The molecule has 11 nitrogen and oxygen atoms in total. The molecule has 46 heavy (non-hydrogen) atoms. The molecular weight excluding hydrogens is 601 g/mol. The maximum atomic E-state index is 13.5. The van der Waals surface area contributed by atoms with Crippen molar-refractivity contribution in [1.29, 1.82) is 0 Å². The van der Waals surface area contributed by atoms with Gasteiger partial charge in [0, 0.05) is 63.9 Å². The third-order valence-corrected chi connectivity index (χ3v) is 8.97. The molecule has 0 N–H and O–H groups in total. The van der Waals surface area contributed by atoms with Crippen LogP contribution in [0.2, 0.25) is 0 Å². The number of halogens is 3. The Morgan fingerprint density at radius 1 is 1.04 bits per heavy atom. The number of fused-ring (bicyclic) bond motifs is 1. The van der Waals surface area contributed by atoms with Gasteiger partial charge < -0.3 is 19.3 Å². The van der Waals surface area contributed by atoms with Crippen LogP contribution >= 0.6 is 0 Å². The highest BCUT2D eigenvalue weighted by molar-refractivity contribution is 5.87. The van der Waals surface area contributed by atoms with Gasteiger partial charge in [0.25, 0.3) is 0 Å². The maximum Gasteiger partial charge on any atom is 0.422 e. The van der Waals surface area contributed by atoms with Crippen molar-refractivity contribution in [3.63, 3.8) is 0 Å².